The predicted molar refractivity (Wildman–Crippen MR) is 77.4 cm³/mol. The van der Waals surface area contributed by atoms with Gasteiger partial charge in [-0.2, -0.15) is 4.31 Å². The Bertz CT molecular complexity index is 564. The minimum atomic E-state index is -3.66. The molecule has 1 heterocycles. The van der Waals surface area contributed by atoms with Crippen LogP contribution in [-0.4, -0.2) is 31.2 Å². The van der Waals surface area contributed by atoms with Gasteiger partial charge in [-0.25, -0.2) is 8.42 Å². The van der Waals surface area contributed by atoms with Gasteiger partial charge >= 0.3 is 0 Å². The van der Waals surface area contributed by atoms with Crippen LogP contribution in [0.1, 0.15) is 25.7 Å². The van der Waals surface area contributed by atoms with Crippen LogP contribution in [0.4, 0.5) is 0 Å². The lowest BCUT2D eigenvalue weighted by Crippen LogP contribution is -2.43. The van der Waals surface area contributed by atoms with Gasteiger partial charge < -0.3 is 5.73 Å². The number of hydrogen-bond acceptors (Lipinski definition) is 4. The van der Waals surface area contributed by atoms with Gasteiger partial charge in [-0.3, -0.25) is 4.79 Å². The molecule has 1 aliphatic carbocycles. The van der Waals surface area contributed by atoms with E-state index in [1.54, 1.807) is 11.4 Å². The third-order valence-electron chi connectivity index (χ3n) is 3.17. The SMILES string of the molecule is NC(=O)CN(C1CCCC1)S(=O)(=O)c1sccc1Br. The molecule has 0 saturated heterocycles. The van der Waals surface area contributed by atoms with Crippen molar-refractivity contribution in [2.24, 2.45) is 5.73 Å². The summed E-state index contributed by atoms with van der Waals surface area (Å²) < 4.78 is 27.3. The van der Waals surface area contributed by atoms with E-state index < -0.39 is 15.9 Å². The molecule has 1 aliphatic rings. The number of carbonyl (C=O) groups excluding carboxylic acids is 1. The van der Waals surface area contributed by atoms with Crippen molar-refractivity contribution >= 4 is 43.2 Å². The fraction of sp³-hybridized carbons (Fsp3) is 0.545. The highest BCUT2D eigenvalue weighted by Gasteiger charge is 2.35. The summed E-state index contributed by atoms with van der Waals surface area (Å²) in [6.07, 6.45) is 3.55. The summed E-state index contributed by atoms with van der Waals surface area (Å²) >= 11 is 4.38. The Kier molecular flexibility index (Phi) is 4.65. The Morgan fingerprint density at radius 3 is 2.58 bits per heavy atom. The van der Waals surface area contributed by atoms with Crippen molar-refractivity contribution in [1.29, 1.82) is 0 Å². The normalized spacial score (nSPS) is 17.2. The maximum atomic E-state index is 12.6. The molecule has 2 N–H and O–H groups in total. The van der Waals surface area contributed by atoms with Crippen LogP contribution >= 0.6 is 27.3 Å². The van der Waals surface area contributed by atoms with Crippen molar-refractivity contribution < 1.29 is 13.2 Å². The van der Waals surface area contributed by atoms with Crippen molar-refractivity contribution in [1.82, 2.24) is 4.31 Å². The van der Waals surface area contributed by atoms with E-state index in [2.05, 4.69) is 15.9 Å². The second-order valence-corrected chi connectivity index (χ2v) is 8.37. The lowest BCUT2D eigenvalue weighted by Gasteiger charge is -2.26. The molecule has 0 aromatic carbocycles. The van der Waals surface area contributed by atoms with E-state index in [-0.39, 0.29) is 16.8 Å². The van der Waals surface area contributed by atoms with Gasteiger partial charge in [0.15, 0.2) is 0 Å². The topological polar surface area (TPSA) is 80.5 Å². The minimum Gasteiger partial charge on any atom is -0.369 e. The van der Waals surface area contributed by atoms with E-state index >= 15 is 0 Å². The average Bonchev–Trinajstić information content (AvgIpc) is 2.95. The molecule has 1 amide bonds. The van der Waals surface area contributed by atoms with E-state index in [0.717, 1.165) is 37.0 Å². The van der Waals surface area contributed by atoms with Gasteiger partial charge in [-0.05, 0) is 40.2 Å². The zero-order valence-corrected chi connectivity index (χ0v) is 13.4. The third kappa shape index (κ3) is 3.18. The number of amides is 1. The Balaban J connectivity index is 2.36. The molecule has 0 atom stereocenters. The molecule has 0 unspecified atom stereocenters. The quantitative estimate of drug-likeness (QED) is 0.864. The Labute approximate surface area is 125 Å². The summed E-state index contributed by atoms with van der Waals surface area (Å²) in [5.74, 6) is -0.622. The van der Waals surface area contributed by atoms with Gasteiger partial charge in [0.2, 0.25) is 5.91 Å². The van der Waals surface area contributed by atoms with Crippen molar-refractivity contribution in [3.8, 4) is 0 Å². The molecule has 0 spiro atoms. The number of sulfonamides is 1. The van der Waals surface area contributed by atoms with Crippen molar-refractivity contribution in [2.75, 3.05) is 6.54 Å². The molecule has 2 rings (SSSR count). The fourth-order valence-electron chi connectivity index (χ4n) is 2.33. The predicted octanol–water partition coefficient (Wildman–Crippen LogP) is 1.93. The first-order chi connectivity index (χ1) is 8.93. The molecular formula is C11H15BrN2O3S2. The van der Waals surface area contributed by atoms with Crippen molar-refractivity contribution in [2.45, 2.75) is 35.9 Å². The van der Waals surface area contributed by atoms with E-state index in [4.69, 9.17) is 5.73 Å². The van der Waals surface area contributed by atoms with Crippen LogP contribution in [0.3, 0.4) is 0 Å². The molecule has 1 aromatic rings. The number of thiophene rings is 1. The van der Waals surface area contributed by atoms with Gasteiger partial charge in [0.05, 0.1) is 6.54 Å². The van der Waals surface area contributed by atoms with E-state index in [1.807, 2.05) is 0 Å². The van der Waals surface area contributed by atoms with Crippen LogP contribution in [0.5, 0.6) is 0 Å². The molecule has 8 heteroatoms. The fourth-order valence-corrected chi connectivity index (χ4v) is 6.40. The number of rotatable bonds is 5. The molecule has 0 radical (unpaired) electrons. The molecule has 1 fully saturated rings. The first kappa shape index (κ1) is 15.0. The lowest BCUT2D eigenvalue weighted by molar-refractivity contribution is -0.118. The third-order valence-corrected chi connectivity index (χ3v) is 7.72. The molecule has 5 nitrogen and oxygen atoms in total. The number of primary amides is 1. The molecular weight excluding hydrogens is 352 g/mol. The maximum Gasteiger partial charge on any atom is 0.254 e. The maximum absolute atomic E-state index is 12.6. The van der Waals surface area contributed by atoms with Gasteiger partial charge in [0.25, 0.3) is 10.0 Å². The Morgan fingerprint density at radius 2 is 2.11 bits per heavy atom. The zero-order valence-electron chi connectivity index (χ0n) is 10.2. The highest BCUT2D eigenvalue weighted by Crippen LogP contribution is 2.34. The second kappa shape index (κ2) is 5.90. The molecule has 0 aliphatic heterocycles. The molecule has 1 saturated carbocycles. The summed E-state index contributed by atoms with van der Waals surface area (Å²) in [6, 6.07) is 1.57. The van der Waals surface area contributed by atoms with Gasteiger partial charge in [0, 0.05) is 10.5 Å². The number of nitrogens with zero attached hydrogens (tertiary/aromatic N) is 1. The average molecular weight is 367 g/mol. The number of halogens is 1. The smallest absolute Gasteiger partial charge is 0.254 e. The van der Waals surface area contributed by atoms with Gasteiger partial charge in [-0.1, -0.05) is 12.8 Å². The standard InChI is InChI=1S/C11H15BrN2O3S2/c12-9-5-6-18-11(9)19(16,17)14(7-10(13)15)8-3-1-2-4-8/h5-6,8H,1-4,7H2,(H2,13,15). The number of nitrogens with two attached hydrogens (primary N) is 1. The van der Waals surface area contributed by atoms with Crippen LogP contribution in [0, 0.1) is 0 Å². The zero-order chi connectivity index (χ0) is 14.0. The first-order valence-electron chi connectivity index (χ1n) is 5.96. The summed E-state index contributed by atoms with van der Waals surface area (Å²) in [6.45, 7) is -0.253. The highest BCUT2D eigenvalue weighted by molar-refractivity contribution is 9.10. The Hall–Kier alpha value is -0.440. The van der Waals surface area contributed by atoms with Gasteiger partial charge in [0.1, 0.15) is 4.21 Å². The van der Waals surface area contributed by atoms with Crippen LogP contribution in [0.15, 0.2) is 20.1 Å². The van der Waals surface area contributed by atoms with Crippen LogP contribution in [0.25, 0.3) is 0 Å². The van der Waals surface area contributed by atoms with E-state index in [9.17, 15) is 13.2 Å². The molecule has 106 valence electrons. The minimum absolute atomic E-state index is 0.119. The molecule has 0 bridgehead atoms. The van der Waals surface area contributed by atoms with E-state index in [0.29, 0.717) is 4.47 Å². The monoisotopic (exact) mass is 366 g/mol. The molecule has 19 heavy (non-hydrogen) atoms. The lowest BCUT2D eigenvalue weighted by atomic mass is 10.2. The second-order valence-electron chi connectivity index (χ2n) is 4.51. The van der Waals surface area contributed by atoms with Crippen molar-refractivity contribution in [3.63, 3.8) is 0 Å². The molecule has 1 aromatic heterocycles. The highest BCUT2D eigenvalue weighted by atomic mass is 79.9. The van der Waals surface area contributed by atoms with Crippen LogP contribution in [-0.2, 0) is 14.8 Å². The summed E-state index contributed by atoms with van der Waals surface area (Å²) in [5.41, 5.74) is 5.20. The first-order valence-corrected chi connectivity index (χ1v) is 9.07. The number of carbonyl (C=O) groups is 1. The summed E-state index contributed by atoms with van der Waals surface area (Å²) in [5, 5.41) is 1.70. The summed E-state index contributed by atoms with van der Waals surface area (Å²) in [4.78, 5) is 11.2. The Morgan fingerprint density at radius 1 is 1.47 bits per heavy atom. The van der Waals surface area contributed by atoms with Crippen molar-refractivity contribution in [3.05, 3.63) is 15.9 Å². The largest absolute Gasteiger partial charge is 0.369 e. The summed E-state index contributed by atoms with van der Waals surface area (Å²) in [7, 11) is -3.66. The van der Waals surface area contributed by atoms with Crippen LogP contribution < -0.4 is 5.73 Å². The van der Waals surface area contributed by atoms with Crippen LogP contribution in [0.2, 0.25) is 0 Å². The number of hydrogen-bond donors (Lipinski definition) is 1. The van der Waals surface area contributed by atoms with E-state index in [1.165, 1.54) is 4.31 Å². The van der Waals surface area contributed by atoms with Gasteiger partial charge in [-0.15, -0.1) is 11.3 Å².